The summed E-state index contributed by atoms with van der Waals surface area (Å²) in [6, 6.07) is 8.81. The lowest BCUT2D eigenvalue weighted by atomic mass is 9.99. The third-order valence-corrected chi connectivity index (χ3v) is 4.38. The molecule has 6 nitrogen and oxygen atoms in total. The Hall–Kier alpha value is -1.92. The summed E-state index contributed by atoms with van der Waals surface area (Å²) in [4.78, 5) is 25.3. The second-order valence-corrected chi connectivity index (χ2v) is 6.31. The summed E-state index contributed by atoms with van der Waals surface area (Å²) < 4.78 is 21.7. The standard InChI is InChI=1S/C19H24O6/c20-18(24-15-10-4-6-12-22-15)17(14-8-2-1-3-9-14)19(21)25-16-11-5-7-13-23-16/h1-3,8-9,15-17H,4-7,10-13H2. The molecule has 0 aromatic heterocycles. The largest absolute Gasteiger partial charge is 0.435 e. The van der Waals surface area contributed by atoms with Gasteiger partial charge in [-0.1, -0.05) is 30.3 Å². The number of ether oxygens (including phenoxy) is 4. The van der Waals surface area contributed by atoms with Crippen LogP contribution in [0.2, 0.25) is 0 Å². The quantitative estimate of drug-likeness (QED) is 0.602. The van der Waals surface area contributed by atoms with Crippen LogP contribution in [-0.4, -0.2) is 37.7 Å². The molecule has 2 aliphatic rings. The van der Waals surface area contributed by atoms with Crippen molar-refractivity contribution in [3.8, 4) is 0 Å². The molecule has 0 saturated carbocycles. The van der Waals surface area contributed by atoms with Gasteiger partial charge in [-0.25, -0.2) is 0 Å². The smallest absolute Gasteiger partial charge is 0.327 e. The molecule has 0 N–H and O–H groups in total. The molecule has 25 heavy (non-hydrogen) atoms. The Morgan fingerprint density at radius 1 is 0.840 bits per heavy atom. The fraction of sp³-hybridized carbons (Fsp3) is 0.579. The summed E-state index contributed by atoms with van der Waals surface area (Å²) in [6.07, 6.45) is 3.90. The van der Waals surface area contributed by atoms with Crippen molar-refractivity contribution in [1.82, 2.24) is 0 Å². The third-order valence-electron chi connectivity index (χ3n) is 4.38. The molecule has 136 valence electrons. The van der Waals surface area contributed by atoms with E-state index in [9.17, 15) is 9.59 Å². The SMILES string of the molecule is O=C(OC1CCCCO1)C(C(=O)OC1CCCCO1)c1ccccc1. The molecule has 2 atom stereocenters. The molecule has 1 aromatic carbocycles. The summed E-state index contributed by atoms with van der Waals surface area (Å²) in [7, 11) is 0. The predicted molar refractivity (Wildman–Crippen MR) is 88.5 cm³/mol. The van der Waals surface area contributed by atoms with Crippen LogP contribution in [0.3, 0.4) is 0 Å². The molecule has 0 bridgehead atoms. The van der Waals surface area contributed by atoms with Gasteiger partial charge in [0.15, 0.2) is 5.92 Å². The van der Waals surface area contributed by atoms with Crippen LogP contribution in [0.4, 0.5) is 0 Å². The zero-order valence-corrected chi connectivity index (χ0v) is 14.2. The Morgan fingerprint density at radius 2 is 1.36 bits per heavy atom. The molecule has 2 unspecified atom stereocenters. The lowest BCUT2D eigenvalue weighted by Gasteiger charge is -2.26. The Labute approximate surface area is 147 Å². The fourth-order valence-electron chi connectivity index (χ4n) is 3.02. The first-order valence-electron chi connectivity index (χ1n) is 8.93. The van der Waals surface area contributed by atoms with E-state index in [-0.39, 0.29) is 0 Å². The van der Waals surface area contributed by atoms with Crippen LogP contribution in [0.15, 0.2) is 30.3 Å². The van der Waals surface area contributed by atoms with Crippen LogP contribution >= 0.6 is 0 Å². The van der Waals surface area contributed by atoms with E-state index in [4.69, 9.17) is 18.9 Å². The molecule has 0 radical (unpaired) electrons. The Kier molecular flexibility index (Phi) is 6.42. The fourth-order valence-corrected chi connectivity index (χ4v) is 3.02. The van der Waals surface area contributed by atoms with Gasteiger partial charge in [0, 0.05) is 12.8 Å². The minimum absolute atomic E-state index is 0.545. The van der Waals surface area contributed by atoms with Gasteiger partial charge in [-0.3, -0.25) is 9.59 Å². The second-order valence-electron chi connectivity index (χ2n) is 6.31. The van der Waals surface area contributed by atoms with Gasteiger partial charge in [-0.05, 0) is 31.2 Å². The Morgan fingerprint density at radius 3 is 1.80 bits per heavy atom. The van der Waals surface area contributed by atoms with E-state index >= 15 is 0 Å². The van der Waals surface area contributed by atoms with Gasteiger partial charge in [-0.15, -0.1) is 0 Å². The van der Waals surface area contributed by atoms with E-state index < -0.39 is 30.4 Å². The first-order chi connectivity index (χ1) is 12.2. The van der Waals surface area contributed by atoms with E-state index in [1.807, 2.05) is 6.07 Å². The van der Waals surface area contributed by atoms with Gasteiger partial charge >= 0.3 is 11.9 Å². The highest BCUT2D eigenvalue weighted by molar-refractivity contribution is 6.00. The van der Waals surface area contributed by atoms with Crippen molar-refractivity contribution in [2.45, 2.75) is 57.0 Å². The maximum absolute atomic E-state index is 12.7. The molecular weight excluding hydrogens is 324 g/mol. The molecule has 1 aromatic rings. The third kappa shape index (κ3) is 5.03. The van der Waals surface area contributed by atoms with Crippen LogP contribution in [0.25, 0.3) is 0 Å². The topological polar surface area (TPSA) is 71.1 Å². The van der Waals surface area contributed by atoms with Crippen LogP contribution in [0, 0.1) is 0 Å². The molecule has 0 spiro atoms. The minimum Gasteiger partial charge on any atom is -0.435 e. The first kappa shape index (κ1) is 17.9. The molecule has 0 aliphatic carbocycles. The number of hydrogen-bond acceptors (Lipinski definition) is 6. The van der Waals surface area contributed by atoms with Crippen LogP contribution in [-0.2, 0) is 28.5 Å². The van der Waals surface area contributed by atoms with Gasteiger partial charge in [0.05, 0.1) is 13.2 Å². The lowest BCUT2D eigenvalue weighted by Crippen LogP contribution is -2.34. The van der Waals surface area contributed by atoms with E-state index in [0.29, 0.717) is 31.6 Å². The number of hydrogen-bond donors (Lipinski definition) is 0. The number of benzene rings is 1. The summed E-state index contributed by atoms with van der Waals surface area (Å²) in [5.74, 6) is -2.41. The summed E-state index contributed by atoms with van der Waals surface area (Å²) in [5.41, 5.74) is 0.545. The average Bonchev–Trinajstić information content (AvgIpc) is 2.64. The normalized spacial score (nSPS) is 25.0. The highest BCUT2D eigenvalue weighted by Gasteiger charge is 2.35. The van der Waals surface area contributed by atoms with Crippen LogP contribution in [0.5, 0.6) is 0 Å². The molecule has 2 aliphatic heterocycles. The zero-order chi connectivity index (χ0) is 17.5. The van der Waals surface area contributed by atoms with Crippen molar-refractivity contribution in [2.24, 2.45) is 0 Å². The number of carbonyl (C=O) groups excluding carboxylic acids is 2. The molecule has 2 saturated heterocycles. The summed E-state index contributed by atoms with van der Waals surface area (Å²) >= 11 is 0. The maximum atomic E-state index is 12.7. The van der Waals surface area contributed by atoms with E-state index in [2.05, 4.69) is 0 Å². The second kappa shape index (κ2) is 8.97. The number of rotatable bonds is 5. The lowest BCUT2D eigenvalue weighted by molar-refractivity contribution is -0.199. The van der Waals surface area contributed by atoms with Crippen LogP contribution < -0.4 is 0 Å². The van der Waals surface area contributed by atoms with Gasteiger partial charge in [0.1, 0.15) is 0 Å². The highest BCUT2D eigenvalue weighted by Crippen LogP contribution is 2.24. The molecule has 3 rings (SSSR count). The Balaban J connectivity index is 1.69. The van der Waals surface area contributed by atoms with Gasteiger partial charge in [0.2, 0.25) is 12.6 Å². The van der Waals surface area contributed by atoms with Crippen LogP contribution in [0.1, 0.15) is 50.0 Å². The zero-order valence-electron chi connectivity index (χ0n) is 14.2. The van der Waals surface area contributed by atoms with E-state index in [1.165, 1.54) is 0 Å². The van der Waals surface area contributed by atoms with E-state index in [1.54, 1.807) is 24.3 Å². The van der Waals surface area contributed by atoms with Crippen molar-refractivity contribution in [3.63, 3.8) is 0 Å². The molecule has 2 fully saturated rings. The molecular formula is C19H24O6. The van der Waals surface area contributed by atoms with Gasteiger partial charge in [-0.2, -0.15) is 0 Å². The number of esters is 2. The van der Waals surface area contributed by atoms with Crippen molar-refractivity contribution in [2.75, 3.05) is 13.2 Å². The predicted octanol–water partition coefficient (Wildman–Crippen LogP) is 2.91. The van der Waals surface area contributed by atoms with Crippen molar-refractivity contribution < 1.29 is 28.5 Å². The first-order valence-corrected chi connectivity index (χ1v) is 8.93. The average molecular weight is 348 g/mol. The minimum atomic E-state index is -1.13. The van der Waals surface area contributed by atoms with Gasteiger partial charge in [0.25, 0.3) is 0 Å². The Bertz CT molecular complexity index is 529. The molecule has 6 heteroatoms. The summed E-state index contributed by atoms with van der Waals surface area (Å²) in [5, 5.41) is 0. The van der Waals surface area contributed by atoms with Crippen molar-refractivity contribution in [3.05, 3.63) is 35.9 Å². The maximum Gasteiger partial charge on any atom is 0.327 e. The van der Waals surface area contributed by atoms with Crippen molar-refractivity contribution in [1.29, 1.82) is 0 Å². The molecule has 2 heterocycles. The summed E-state index contributed by atoms with van der Waals surface area (Å²) in [6.45, 7) is 1.13. The highest BCUT2D eigenvalue weighted by atomic mass is 16.7. The monoisotopic (exact) mass is 348 g/mol. The van der Waals surface area contributed by atoms with Gasteiger partial charge < -0.3 is 18.9 Å². The van der Waals surface area contributed by atoms with E-state index in [0.717, 1.165) is 25.7 Å². The number of carbonyl (C=O) groups is 2. The van der Waals surface area contributed by atoms with Crippen molar-refractivity contribution >= 4 is 11.9 Å². The molecule has 0 amide bonds.